The molecule has 36 heavy (non-hydrogen) atoms. The molecule has 0 radical (unpaired) electrons. The Balaban J connectivity index is 1.62. The minimum atomic E-state index is -0.374. The highest BCUT2D eigenvalue weighted by atomic mass is 35.5. The lowest BCUT2D eigenvalue weighted by molar-refractivity contribution is -0.117. The maximum absolute atomic E-state index is 13.2. The third-order valence-electron chi connectivity index (χ3n) is 5.70. The summed E-state index contributed by atoms with van der Waals surface area (Å²) >= 11 is 12.2. The Labute approximate surface area is 220 Å². The number of aryl methyl sites for hydroxylation is 1. The summed E-state index contributed by atoms with van der Waals surface area (Å²) in [6, 6.07) is 22.1. The molecule has 4 rings (SSSR count). The van der Waals surface area contributed by atoms with Gasteiger partial charge in [-0.2, -0.15) is 0 Å². The summed E-state index contributed by atoms with van der Waals surface area (Å²) in [4.78, 5) is 32.5. The first kappa shape index (κ1) is 25.5. The number of nitrogens with zero attached hydrogens (tertiary/aromatic N) is 3. The minimum Gasteiger partial charge on any atom is -0.327 e. The zero-order valence-corrected chi connectivity index (χ0v) is 21.7. The fraction of sp³-hybridized carbons (Fsp3) is 0.179. The number of anilines is 1. The summed E-state index contributed by atoms with van der Waals surface area (Å²) in [6.45, 7) is 5.53. The van der Waals surface area contributed by atoms with Gasteiger partial charge in [-0.3, -0.25) is 19.5 Å². The molecule has 4 aromatic rings. The summed E-state index contributed by atoms with van der Waals surface area (Å²) in [5.74, 6) is -0.363. The molecule has 0 saturated heterocycles. The van der Waals surface area contributed by atoms with Gasteiger partial charge in [0, 0.05) is 28.5 Å². The van der Waals surface area contributed by atoms with Crippen molar-refractivity contribution in [3.05, 3.63) is 100 Å². The summed E-state index contributed by atoms with van der Waals surface area (Å²) in [6.07, 6.45) is 1.88. The van der Waals surface area contributed by atoms with Gasteiger partial charge in [-0.1, -0.05) is 71.2 Å². The van der Waals surface area contributed by atoms with Crippen molar-refractivity contribution in [1.82, 2.24) is 14.5 Å². The van der Waals surface area contributed by atoms with Crippen molar-refractivity contribution >= 4 is 41.0 Å². The van der Waals surface area contributed by atoms with Crippen LogP contribution in [-0.4, -0.2) is 38.9 Å². The zero-order valence-electron chi connectivity index (χ0n) is 20.2. The van der Waals surface area contributed by atoms with Gasteiger partial charge < -0.3 is 4.90 Å². The van der Waals surface area contributed by atoms with Crippen molar-refractivity contribution in [2.24, 2.45) is 0 Å². The number of hydrogen-bond donors (Lipinski definition) is 1. The van der Waals surface area contributed by atoms with Crippen LogP contribution >= 0.6 is 23.2 Å². The van der Waals surface area contributed by atoms with Crippen LogP contribution in [0.15, 0.2) is 79.0 Å². The van der Waals surface area contributed by atoms with E-state index in [1.165, 1.54) is 11.0 Å². The lowest BCUT2D eigenvalue weighted by Gasteiger charge is -2.26. The fourth-order valence-corrected chi connectivity index (χ4v) is 4.23. The number of rotatable bonds is 7. The molecule has 184 valence electrons. The van der Waals surface area contributed by atoms with Gasteiger partial charge in [0.05, 0.1) is 16.3 Å². The fourth-order valence-electron chi connectivity index (χ4n) is 3.74. The van der Waals surface area contributed by atoms with Gasteiger partial charge in [0.15, 0.2) is 0 Å². The second-order valence-corrected chi connectivity index (χ2v) is 9.56. The molecule has 0 aliphatic rings. The van der Waals surface area contributed by atoms with E-state index < -0.39 is 0 Å². The Morgan fingerprint density at radius 2 is 1.69 bits per heavy atom. The number of amides is 2. The van der Waals surface area contributed by atoms with E-state index in [2.05, 4.69) is 5.32 Å². The zero-order chi connectivity index (χ0) is 25.8. The van der Waals surface area contributed by atoms with E-state index in [4.69, 9.17) is 28.2 Å². The second kappa shape index (κ2) is 11.0. The van der Waals surface area contributed by atoms with E-state index in [1.54, 1.807) is 12.1 Å². The molecule has 1 heterocycles. The number of carbonyl (C=O) groups excluding carboxylic acids is 2. The van der Waals surface area contributed by atoms with Gasteiger partial charge in [0.2, 0.25) is 11.9 Å². The standard InChI is InChI=1S/C28H26Cl2N4O2/c1-18(2)33(27(36)23-14-11-21(29)15-24(23)30)17-26(35)32-28-31-25(20-7-5-4-6-8-20)16-34(28)22-12-9-19(3)10-13-22/h4-16,18H,17H2,1-3H3,(H,31,32,35). The monoisotopic (exact) mass is 520 g/mol. The number of aromatic nitrogens is 2. The van der Waals surface area contributed by atoms with E-state index in [9.17, 15) is 9.59 Å². The Morgan fingerprint density at radius 1 is 1.00 bits per heavy atom. The van der Waals surface area contributed by atoms with E-state index in [0.29, 0.717) is 11.0 Å². The molecule has 3 aromatic carbocycles. The van der Waals surface area contributed by atoms with Gasteiger partial charge in [-0.05, 0) is 51.1 Å². The highest BCUT2D eigenvalue weighted by molar-refractivity contribution is 6.36. The Kier molecular flexibility index (Phi) is 7.77. The van der Waals surface area contributed by atoms with Gasteiger partial charge in [-0.15, -0.1) is 0 Å². The molecule has 0 fully saturated rings. The van der Waals surface area contributed by atoms with Crippen LogP contribution in [0.3, 0.4) is 0 Å². The van der Waals surface area contributed by atoms with Crippen LogP contribution in [0.4, 0.5) is 5.95 Å². The molecule has 0 spiro atoms. The first-order valence-corrected chi connectivity index (χ1v) is 12.3. The molecule has 0 unspecified atom stereocenters. The molecule has 0 aliphatic heterocycles. The highest BCUT2D eigenvalue weighted by Gasteiger charge is 2.24. The van der Waals surface area contributed by atoms with Crippen LogP contribution in [-0.2, 0) is 4.79 Å². The van der Waals surface area contributed by atoms with Gasteiger partial charge in [-0.25, -0.2) is 4.98 Å². The largest absolute Gasteiger partial charge is 0.327 e. The molecule has 0 bridgehead atoms. The maximum atomic E-state index is 13.2. The second-order valence-electron chi connectivity index (χ2n) is 8.72. The van der Waals surface area contributed by atoms with Crippen LogP contribution in [0, 0.1) is 6.92 Å². The van der Waals surface area contributed by atoms with Crippen molar-refractivity contribution in [2.75, 3.05) is 11.9 Å². The molecule has 1 aromatic heterocycles. The average molecular weight is 521 g/mol. The minimum absolute atomic E-state index is 0.170. The van der Waals surface area contributed by atoms with Gasteiger partial charge in [0.1, 0.15) is 6.54 Å². The first-order valence-electron chi connectivity index (χ1n) is 11.5. The van der Waals surface area contributed by atoms with Crippen LogP contribution < -0.4 is 5.32 Å². The Morgan fingerprint density at radius 3 is 2.33 bits per heavy atom. The third-order valence-corrected chi connectivity index (χ3v) is 6.25. The smallest absolute Gasteiger partial charge is 0.256 e. The van der Waals surface area contributed by atoms with Crippen molar-refractivity contribution in [3.63, 3.8) is 0 Å². The van der Waals surface area contributed by atoms with Crippen LogP contribution in [0.5, 0.6) is 0 Å². The van der Waals surface area contributed by atoms with Gasteiger partial charge >= 0.3 is 0 Å². The van der Waals surface area contributed by atoms with Crippen molar-refractivity contribution in [3.8, 4) is 16.9 Å². The molecule has 0 saturated carbocycles. The quantitative estimate of drug-likeness (QED) is 0.296. The third kappa shape index (κ3) is 5.78. The molecule has 6 nitrogen and oxygen atoms in total. The lowest BCUT2D eigenvalue weighted by atomic mass is 10.1. The number of carbonyl (C=O) groups is 2. The predicted octanol–water partition coefficient (Wildman–Crippen LogP) is 6.64. The average Bonchev–Trinajstić information content (AvgIpc) is 3.26. The van der Waals surface area contributed by atoms with E-state index in [0.717, 1.165) is 22.5 Å². The maximum Gasteiger partial charge on any atom is 0.256 e. The number of nitrogens with one attached hydrogen (secondary N) is 1. The molecular weight excluding hydrogens is 495 g/mol. The van der Waals surface area contributed by atoms with Gasteiger partial charge in [0.25, 0.3) is 5.91 Å². The summed E-state index contributed by atoms with van der Waals surface area (Å²) in [7, 11) is 0. The first-order chi connectivity index (χ1) is 17.2. The molecule has 8 heteroatoms. The lowest BCUT2D eigenvalue weighted by Crippen LogP contribution is -2.42. The number of benzene rings is 3. The van der Waals surface area contributed by atoms with E-state index in [1.807, 2.05) is 86.1 Å². The van der Waals surface area contributed by atoms with Crippen molar-refractivity contribution in [1.29, 1.82) is 0 Å². The SMILES string of the molecule is Cc1ccc(-n2cc(-c3ccccc3)nc2NC(=O)CN(C(=O)c2ccc(Cl)cc2Cl)C(C)C)cc1. The van der Waals surface area contributed by atoms with Crippen LogP contribution in [0.25, 0.3) is 16.9 Å². The van der Waals surface area contributed by atoms with Crippen molar-refractivity contribution < 1.29 is 9.59 Å². The van der Waals surface area contributed by atoms with E-state index in [-0.39, 0.29) is 35.0 Å². The molecule has 2 amide bonds. The number of hydrogen-bond acceptors (Lipinski definition) is 3. The Hall–Kier alpha value is -3.61. The van der Waals surface area contributed by atoms with Crippen LogP contribution in [0.1, 0.15) is 29.8 Å². The molecule has 0 aliphatic carbocycles. The number of imidazole rings is 1. The Bertz CT molecular complexity index is 1380. The summed E-state index contributed by atoms with van der Waals surface area (Å²) in [5, 5.41) is 3.56. The number of halogens is 2. The summed E-state index contributed by atoms with van der Waals surface area (Å²) in [5.41, 5.74) is 3.91. The normalized spacial score (nSPS) is 10.9. The van der Waals surface area contributed by atoms with E-state index >= 15 is 0 Å². The predicted molar refractivity (Wildman–Crippen MR) is 145 cm³/mol. The topological polar surface area (TPSA) is 67.2 Å². The molecule has 1 N–H and O–H groups in total. The molecule has 0 atom stereocenters. The highest BCUT2D eigenvalue weighted by Crippen LogP contribution is 2.25. The van der Waals surface area contributed by atoms with Crippen LogP contribution in [0.2, 0.25) is 10.0 Å². The summed E-state index contributed by atoms with van der Waals surface area (Å²) < 4.78 is 1.83. The van der Waals surface area contributed by atoms with Crippen molar-refractivity contribution in [2.45, 2.75) is 26.8 Å². The molecular formula is C28H26Cl2N4O2.